The fourth-order valence-corrected chi connectivity index (χ4v) is 3.30. The number of nitrogens with zero attached hydrogens (tertiary/aromatic N) is 6. The van der Waals surface area contributed by atoms with Crippen LogP contribution in [-0.4, -0.2) is 40.9 Å². The molecule has 0 saturated heterocycles. The third-order valence-electron chi connectivity index (χ3n) is 4.94. The van der Waals surface area contributed by atoms with Gasteiger partial charge in [-0.05, 0) is 5.56 Å². The Morgan fingerprint density at radius 2 is 1.87 bits per heavy atom. The van der Waals surface area contributed by atoms with Gasteiger partial charge in [-0.1, -0.05) is 30.3 Å². The van der Waals surface area contributed by atoms with Crippen LogP contribution in [0.25, 0.3) is 11.2 Å². The van der Waals surface area contributed by atoms with Gasteiger partial charge in [0.05, 0.1) is 24.6 Å². The molecule has 4 rings (SSSR count). The zero-order valence-corrected chi connectivity index (χ0v) is 16.6. The number of benzene rings is 1. The second-order valence-electron chi connectivity index (χ2n) is 6.98. The van der Waals surface area contributed by atoms with E-state index in [1.54, 1.807) is 22.5 Å². The first-order chi connectivity index (χ1) is 14.5. The zero-order chi connectivity index (χ0) is 21.3. The van der Waals surface area contributed by atoms with Crippen molar-refractivity contribution in [2.45, 2.75) is 13.1 Å². The Hall–Kier alpha value is -3.95. The number of fused-ring (bicyclic) bond motifs is 1. The lowest BCUT2D eigenvalue weighted by molar-refractivity contribution is 0.0952. The van der Waals surface area contributed by atoms with Crippen LogP contribution in [-0.2, 0) is 27.2 Å². The minimum absolute atomic E-state index is 0.251. The monoisotopic (exact) mass is 407 g/mol. The lowest BCUT2D eigenvalue weighted by Crippen LogP contribution is -2.37. The molecule has 0 spiro atoms. The summed E-state index contributed by atoms with van der Waals surface area (Å²) in [7, 11) is 2.99. The fourth-order valence-electron chi connectivity index (χ4n) is 3.30. The molecule has 1 N–H and O–H groups in total. The summed E-state index contributed by atoms with van der Waals surface area (Å²) in [6, 6.07) is 9.85. The Morgan fingerprint density at radius 3 is 2.63 bits per heavy atom. The van der Waals surface area contributed by atoms with Crippen molar-refractivity contribution < 1.29 is 4.79 Å². The summed E-state index contributed by atoms with van der Waals surface area (Å²) >= 11 is 0. The quantitative estimate of drug-likeness (QED) is 0.488. The van der Waals surface area contributed by atoms with E-state index in [0.29, 0.717) is 36.4 Å². The van der Waals surface area contributed by atoms with Crippen molar-refractivity contribution in [1.82, 2.24) is 33.8 Å². The van der Waals surface area contributed by atoms with Gasteiger partial charge >= 0.3 is 5.69 Å². The molecule has 1 aromatic carbocycles. The van der Waals surface area contributed by atoms with Crippen LogP contribution < -0.4 is 16.6 Å². The van der Waals surface area contributed by atoms with Gasteiger partial charge in [-0.3, -0.25) is 23.4 Å². The van der Waals surface area contributed by atoms with Gasteiger partial charge in [-0.25, -0.2) is 9.78 Å². The Kier molecular flexibility index (Phi) is 5.05. The molecule has 0 atom stereocenters. The first kappa shape index (κ1) is 19.4. The SMILES string of the molecule is Cn1c(=O)c2c(ncn2CCNC(=O)c2cnn(Cc3ccccc3)c2)n(C)c1=O. The number of nitrogens with one attached hydrogen (secondary N) is 1. The molecule has 0 aliphatic carbocycles. The van der Waals surface area contributed by atoms with Crippen LogP contribution in [0.2, 0.25) is 0 Å². The van der Waals surface area contributed by atoms with Gasteiger partial charge in [-0.2, -0.15) is 5.10 Å². The Bertz CT molecular complexity index is 1330. The van der Waals surface area contributed by atoms with Crippen LogP contribution in [0.4, 0.5) is 0 Å². The molecule has 154 valence electrons. The molecule has 3 aromatic heterocycles. The van der Waals surface area contributed by atoms with Crippen molar-refractivity contribution in [2.75, 3.05) is 6.54 Å². The maximum Gasteiger partial charge on any atom is 0.332 e. The summed E-state index contributed by atoms with van der Waals surface area (Å²) < 4.78 is 5.71. The first-order valence-electron chi connectivity index (χ1n) is 9.41. The molecular formula is C20H21N7O3. The van der Waals surface area contributed by atoms with E-state index in [-0.39, 0.29) is 5.91 Å². The number of carbonyl (C=O) groups excluding carboxylic acids is 1. The highest BCUT2D eigenvalue weighted by Gasteiger charge is 2.14. The predicted molar refractivity (Wildman–Crippen MR) is 110 cm³/mol. The van der Waals surface area contributed by atoms with Crippen molar-refractivity contribution >= 4 is 17.1 Å². The van der Waals surface area contributed by atoms with E-state index in [9.17, 15) is 14.4 Å². The molecule has 0 aliphatic rings. The number of imidazole rings is 1. The van der Waals surface area contributed by atoms with E-state index >= 15 is 0 Å². The molecular weight excluding hydrogens is 386 g/mol. The van der Waals surface area contributed by atoms with Crippen LogP contribution in [0.3, 0.4) is 0 Å². The lowest BCUT2D eigenvalue weighted by Gasteiger charge is -2.07. The molecule has 30 heavy (non-hydrogen) atoms. The van der Waals surface area contributed by atoms with E-state index < -0.39 is 11.2 Å². The van der Waals surface area contributed by atoms with Crippen molar-refractivity contribution in [1.29, 1.82) is 0 Å². The van der Waals surface area contributed by atoms with E-state index in [0.717, 1.165) is 10.1 Å². The minimum atomic E-state index is -0.432. The summed E-state index contributed by atoms with van der Waals surface area (Å²) in [4.78, 5) is 41.0. The van der Waals surface area contributed by atoms with Crippen molar-refractivity contribution in [3.63, 3.8) is 0 Å². The topological polar surface area (TPSA) is 109 Å². The van der Waals surface area contributed by atoms with Crippen molar-refractivity contribution in [2.24, 2.45) is 14.1 Å². The highest BCUT2D eigenvalue weighted by atomic mass is 16.2. The summed E-state index contributed by atoms with van der Waals surface area (Å²) in [5, 5.41) is 7.06. The van der Waals surface area contributed by atoms with Gasteiger partial charge in [0.2, 0.25) is 0 Å². The smallest absolute Gasteiger partial charge is 0.332 e. The van der Waals surface area contributed by atoms with Gasteiger partial charge in [-0.15, -0.1) is 0 Å². The molecule has 10 nitrogen and oxygen atoms in total. The minimum Gasteiger partial charge on any atom is -0.350 e. The van der Waals surface area contributed by atoms with Gasteiger partial charge in [0.25, 0.3) is 11.5 Å². The predicted octanol–water partition coefficient (Wildman–Crippen LogP) is 0.108. The summed E-state index contributed by atoms with van der Waals surface area (Å²) in [5.74, 6) is -0.251. The average molecular weight is 407 g/mol. The average Bonchev–Trinajstić information content (AvgIpc) is 3.39. The fraction of sp³-hybridized carbons (Fsp3) is 0.250. The van der Waals surface area contributed by atoms with E-state index in [2.05, 4.69) is 15.4 Å². The summed E-state index contributed by atoms with van der Waals surface area (Å²) in [5.41, 5.74) is 1.34. The lowest BCUT2D eigenvalue weighted by atomic mass is 10.2. The number of rotatable bonds is 6. The largest absolute Gasteiger partial charge is 0.350 e. The maximum atomic E-state index is 12.4. The molecule has 0 aliphatic heterocycles. The summed E-state index contributed by atoms with van der Waals surface area (Å²) in [6.45, 7) is 1.21. The molecule has 1 amide bonds. The van der Waals surface area contributed by atoms with Crippen molar-refractivity contribution in [3.05, 3.63) is 81.0 Å². The van der Waals surface area contributed by atoms with Gasteiger partial charge in [0.1, 0.15) is 0 Å². The number of amides is 1. The van der Waals surface area contributed by atoms with Crippen LogP contribution in [0.1, 0.15) is 15.9 Å². The van der Waals surface area contributed by atoms with E-state index in [1.807, 2.05) is 30.3 Å². The Labute approximate surface area is 171 Å². The van der Waals surface area contributed by atoms with E-state index in [4.69, 9.17) is 0 Å². The number of hydrogen-bond donors (Lipinski definition) is 1. The number of hydrogen-bond acceptors (Lipinski definition) is 5. The highest BCUT2D eigenvalue weighted by Crippen LogP contribution is 2.06. The van der Waals surface area contributed by atoms with Gasteiger partial charge in [0.15, 0.2) is 11.2 Å². The molecule has 0 radical (unpaired) electrons. The maximum absolute atomic E-state index is 12.4. The highest BCUT2D eigenvalue weighted by molar-refractivity contribution is 5.93. The molecule has 0 unspecified atom stereocenters. The number of aryl methyl sites for hydroxylation is 1. The third kappa shape index (κ3) is 3.54. The van der Waals surface area contributed by atoms with Gasteiger partial charge in [0, 0.05) is 33.4 Å². The second-order valence-corrected chi connectivity index (χ2v) is 6.98. The summed E-state index contributed by atoms with van der Waals surface area (Å²) in [6.07, 6.45) is 4.71. The standard InChI is InChI=1S/C20H21N7O3/c1-24-17-16(19(29)25(2)20(24)30)26(13-22-17)9-8-21-18(28)15-10-23-27(12-15)11-14-6-4-3-5-7-14/h3-7,10,12-13H,8-9,11H2,1-2H3,(H,21,28). The van der Waals surface area contributed by atoms with Crippen LogP contribution in [0.15, 0.2) is 58.6 Å². The third-order valence-corrected chi connectivity index (χ3v) is 4.94. The molecule has 3 heterocycles. The molecule has 0 fully saturated rings. The molecule has 0 bridgehead atoms. The normalized spacial score (nSPS) is 11.1. The number of carbonyl (C=O) groups is 1. The van der Waals surface area contributed by atoms with E-state index in [1.165, 1.54) is 24.1 Å². The van der Waals surface area contributed by atoms with Crippen LogP contribution in [0.5, 0.6) is 0 Å². The zero-order valence-electron chi connectivity index (χ0n) is 16.6. The van der Waals surface area contributed by atoms with Gasteiger partial charge < -0.3 is 9.88 Å². The number of aromatic nitrogens is 6. The Morgan fingerprint density at radius 1 is 1.10 bits per heavy atom. The molecule has 4 aromatic rings. The first-order valence-corrected chi connectivity index (χ1v) is 9.41. The Balaban J connectivity index is 1.42. The van der Waals surface area contributed by atoms with Crippen molar-refractivity contribution in [3.8, 4) is 0 Å². The second kappa shape index (κ2) is 7.82. The van der Waals surface area contributed by atoms with Crippen LogP contribution in [0, 0.1) is 0 Å². The molecule has 0 saturated carbocycles. The van der Waals surface area contributed by atoms with Crippen LogP contribution >= 0.6 is 0 Å². The molecule has 10 heteroatoms.